The van der Waals surface area contributed by atoms with Crippen LogP contribution in [0.5, 0.6) is 11.8 Å². The van der Waals surface area contributed by atoms with Gasteiger partial charge in [-0.2, -0.15) is 9.97 Å². The number of likely N-dealkylation sites (tertiary alicyclic amines) is 2. The topological polar surface area (TPSA) is 213 Å². The Morgan fingerprint density at radius 2 is 1.22 bits per heavy atom. The van der Waals surface area contributed by atoms with E-state index in [0.717, 1.165) is 118 Å². The zero-order valence-corrected chi connectivity index (χ0v) is 41.3. The summed E-state index contributed by atoms with van der Waals surface area (Å²) in [4.78, 5) is 55.4. The first-order valence-electron chi connectivity index (χ1n) is 25.9. The maximum absolute atomic E-state index is 13.2. The number of rotatable bonds is 19. The average Bonchev–Trinajstić information content (AvgIpc) is 4.23. The number of anilines is 2. The Morgan fingerprint density at radius 1 is 0.603 bits per heavy atom. The molecule has 1 atom stereocenters. The molecule has 2 aromatic carbocycles. The maximum Gasteiger partial charge on any atom is 0.326 e. The standard InChI is InChI=1S/C56H64N12O5/c57-53-51-47(67(55(69)63-51)35-42-12-16-46(60-30-42)44-8-5-7-40(26-44)33-65-20-2-3-21-65)27-49(61-53)72-23-4-1-6-37-17-22-66(31-37)32-38-9-13-43(14-10-38)45-15-11-41(29-59-45)34-68-48-28-50(62-54(58)52(48)64-56(68)70)73-36-39-18-24-71-25-19-39/h5,7-16,26-30,37,39H,1-4,6,17-25,31-36H2,(H2,57,61)(H2,58,62)(H,63,69)(H,64,70). The summed E-state index contributed by atoms with van der Waals surface area (Å²) in [6.45, 7) is 9.54. The Bertz CT molecular complexity index is 3280. The van der Waals surface area contributed by atoms with Crippen molar-refractivity contribution >= 4 is 33.7 Å². The number of aromatic amines is 2. The van der Waals surface area contributed by atoms with Crippen LogP contribution in [-0.2, 0) is 30.9 Å². The molecule has 3 fully saturated rings. The van der Waals surface area contributed by atoms with Crippen LogP contribution in [0.2, 0.25) is 0 Å². The number of benzene rings is 2. The fraction of sp³-hybridized carbons (Fsp3) is 0.393. The van der Waals surface area contributed by atoms with E-state index in [-0.39, 0.29) is 23.0 Å². The van der Waals surface area contributed by atoms with Crippen molar-refractivity contribution in [1.82, 2.24) is 48.8 Å². The van der Waals surface area contributed by atoms with Crippen molar-refractivity contribution in [3.63, 3.8) is 0 Å². The zero-order chi connectivity index (χ0) is 49.7. The van der Waals surface area contributed by atoms with E-state index in [1.165, 1.54) is 30.4 Å². The van der Waals surface area contributed by atoms with Crippen LogP contribution in [-0.4, -0.2) is 101 Å². The zero-order valence-electron chi connectivity index (χ0n) is 41.3. The van der Waals surface area contributed by atoms with E-state index < -0.39 is 0 Å². The molecule has 9 heterocycles. The summed E-state index contributed by atoms with van der Waals surface area (Å²) in [6, 6.07) is 28.9. The Morgan fingerprint density at radius 3 is 1.86 bits per heavy atom. The van der Waals surface area contributed by atoms with Crippen LogP contribution in [0.15, 0.2) is 107 Å². The molecule has 8 aromatic rings. The third-order valence-corrected chi connectivity index (χ3v) is 14.8. The molecule has 0 amide bonds. The highest BCUT2D eigenvalue weighted by Crippen LogP contribution is 2.29. The molecule has 3 aliphatic rings. The van der Waals surface area contributed by atoms with Crippen molar-refractivity contribution in [1.29, 1.82) is 0 Å². The molecule has 0 saturated carbocycles. The van der Waals surface area contributed by atoms with E-state index in [0.29, 0.717) is 72.0 Å². The number of nitrogens with one attached hydrogen (secondary N) is 2. The summed E-state index contributed by atoms with van der Waals surface area (Å²) in [7, 11) is 0. The molecular formula is C56H64N12O5. The highest BCUT2D eigenvalue weighted by Gasteiger charge is 2.23. The molecule has 3 saturated heterocycles. The third-order valence-electron chi connectivity index (χ3n) is 14.8. The molecule has 17 nitrogen and oxygen atoms in total. The van der Waals surface area contributed by atoms with E-state index in [1.54, 1.807) is 21.3 Å². The highest BCUT2D eigenvalue weighted by molar-refractivity contribution is 5.86. The van der Waals surface area contributed by atoms with Crippen LogP contribution in [0, 0.1) is 11.8 Å². The summed E-state index contributed by atoms with van der Waals surface area (Å²) >= 11 is 0. The summed E-state index contributed by atoms with van der Waals surface area (Å²) in [5, 5.41) is 0. The van der Waals surface area contributed by atoms with Crippen molar-refractivity contribution in [2.24, 2.45) is 11.8 Å². The summed E-state index contributed by atoms with van der Waals surface area (Å²) < 4.78 is 20.9. The number of hydrogen-bond acceptors (Lipinski definition) is 13. The number of hydrogen-bond donors (Lipinski definition) is 4. The van der Waals surface area contributed by atoms with Gasteiger partial charge in [-0.05, 0) is 123 Å². The lowest BCUT2D eigenvalue weighted by atomic mass is 10.0. The summed E-state index contributed by atoms with van der Waals surface area (Å²) in [5.74, 6) is 2.34. The number of imidazole rings is 2. The lowest BCUT2D eigenvalue weighted by Gasteiger charge is -2.21. The van der Waals surface area contributed by atoms with Gasteiger partial charge in [0.1, 0.15) is 11.0 Å². The second kappa shape index (κ2) is 21.8. The van der Waals surface area contributed by atoms with Crippen LogP contribution in [0.1, 0.15) is 73.6 Å². The number of aromatic nitrogens is 8. The molecule has 0 radical (unpaired) electrons. The lowest BCUT2D eigenvalue weighted by Crippen LogP contribution is -2.21. The summed E-state index contributed by atoms with van der Waals surface area (Å²) in [5.41, 5.74) is 22.7. The van der Waals surface area contributed by atoms with Gasteiger partial charge in [0.2, 0.25) is 11.8 Å². The Hall–Kier alpha value is -7.34. The van der Waals surface area contributed by atoms with Crippen molar-refractivity contribution in [2.75, 3.05) is 64.1 Å². The first-order valence-corrected chi connectivity index (χ1v) is 25.9. The van der Waals surface area contributed by atoms with Gasteiger partial charge in [0.15, 0.2) is 11.6 Å². The molecule has 378 valence electrons. The second-order valence-electron chi connectivity index (χ2n) is 20.1. The molecule has 1 unspecified atom stereocenters. The molecule has 0 bridgehead atoms. The number of nitrogen functional groups attached to an aromatic ring is 2. The van der Waals surface area contributed by atoms with Gasteiger partial charge in [0, 0.05) is 68.5 Å². The first kappa shape index (κ1) is 48.0. The Balaban J connectivity index is 0.627. The van der Waals surface area contributed by atoms with Crippen LogP contribution in [0.4, 0.5) is 11.6 Å². The minimum Gasteiger partial charge on any atom is -0.478 e. The van der Waals surface area contributed by atoms with Gasteiger partial charge >= 0.3 is 11.4 Å². The SMILES string of the molecule is Nc1nc(OCCCCC2CCN(Cc3ccc(-c4ccc(Cn5c(=O)[nH]c6c(N)nc(OCC7CCOCC7)cc65)cn4)cc3)C2)cc2c1[nH]c(=O)n2Cc1ccc(-c2cccc(CN3CCCC3)c2)nc1. The molecule has 6 aromatic heterocycles. The number of fused-ring (bicyclic) bond motifs is 2. The number of nitrogens with zero attached hydrogens (tertiary/aromatic N) is 8. The smallest absolute Gasteiger partial charge is 0.326 e. The molecule has 11 rings (SSSR count). The predicted octanol–water partition coefficient (Wildman–Crippen LogP) is 7.62. The number of nitrogens with two attached hydrogens (primary N) is 2. The van der Waals surface area contributed by atoms with Gasteiger partial charge in [-0.25, -0.2) is 9.59 Å². The minimum absolute atomic E-state index is 0.232. The van der Waals surface area contributed by atoms with Gasteiger partial charge < -0.3 is 35.6 Å². The van der Waals surface area contributed by atoms with Gasteiger partial charge in [-0.1, -0.05) is 54.6 Å². The predicted molar refractivity (Wildman–Crippen MR) is 283 cm³/mol. The summed E-state index contributed by atoms with van der Waals surface area (Å²) in [6.07, 6.45) is 12.4. The normalized spacial score (nSPS) is 16.8. The average molecular weight is 985 g/mol. The highest BCUT2D eigenvalue weighted by atomic mass is 16.5. The quantitative estimate of drug-likeness (QED) is 0.0575. The first-order chi connectivity index (χ1) is 35.7. The Labute approximate surface area is 423 Å². The molecular weight excluding hydrogens is 921 g/mol. The number of H-pyrrole nitrogens is 2. The second-order valence-corrected chi connectivity index (χ2v) is 20.1. The van der Waals surface area contributed by atoms with Crippen LogP contribution < -0.4 is 32.3 Å². The van der Waals surface area contributed by atoms with Crippen LogP contribution in [0.25, 0.3) is 44.6 Å². The van der Waals surface area contributed by atoms with E-state index in [2.05, 4.69) is 78.3 Å². The van der Waals surface area contributed by atoms with Crippen molar-refractivity contribution in [2.45, 2.75) is 77.5 Å². The van der Waals surface area contributed by atoms with Gasteiger partial charge in [-0.15, -0.1) is 0 Å². The van der Waals surface area contributed by atoms with Crippen molar-refractivity contribution in [3.05, 3.63) is 141 Å². The van der Waals surface area contributed by atoms with Gasteiger partial charge in [0.25, 0.3) is 0 Å². The minimum atomic E-state index is -0.265. The van der Waals surface area contributed by atoms with Crippen molar-refractivity contribution in [3.8, 4) is 34.3 Å². The van der Waals surface area contributed by atoms with E-state index in [1.807, 2.05) is 36.7 Å². The third kappa shape index (κ3) is 11.3. The van der Waals surface area contributed by atoms with E-state index in [4.69, 9.17) is 35.6 Å². The molecule has 0 spiro atoms. The molecule has 0 aliphatic carbocycles. The number of pyridine rings is 4. The van der Waals surface area contributed by atoms with E-state index >= 15 is 0 Å². The molecule has 17 heteroatoms. The van der Waals surface area contributed by atoms with Crippen LogP contribution >= 0.6 is 0 Å². The molecule has 73 heavy (non-hydrogen) atoms. The fourth-order valence-corrected chi connectivity index (χ4v) is 10.7. The monoisotopic (exact) mass is 985 g/mol. The fourth-order valence-electron chi connectivity index (χ4n) is 10.7. The van der Waals surface area contributed by atoms with Gasteiger partial charge in [0.05, 0.1) is 48.7 Å². The molecule has 6 N–H and O–H groups in total. The van der Waals surface area contributed by atoms with Crippen LogP contribution in [0.3, 0.4) is 0 Å². The maximum atomic E-state index is 13.2. The Kier molecular flexibility index (Phi) is 14.3. The van der Waals surface area contributed by atoms with Gasteiger partial charge in [-0.3, -0.25) is 28.9 Å². The molecule has 3 aliphatic heterocycles. The number of unbranched alkanes of at least 4 members (excludes halogenated alkanes) is 1. The van der Waals surface area contributed by atoms with E-state index in [9.17, 15) is 9.59 Å². The number of ether oxygens (including phenoxy) is 3. The van der Waals surface area contributed by atoms with Crippen molar-refractivity contribution < 1.29 is 14.2 Å². The largest absolute Gasteiger partial charge is 0.478 e. The lowest BCUT2D eigenvalue weighted by molar-refractivity contribution is 0.0491.